The molecule has 0 saturated heterocycles. The second-order valence-electron chi connectivity index (χ2n) is 3.15. The highest BCUT2D eigenvalue weighted by Gasteiger charge is 2.11. The molecule has 1 aromatic heterocycles. The molecule has 0 spiro atoms. The van der Waals surface area contributed by atoms with Crippen LogP contribution in [0.1, 0.15) is 5.56 Å². The van der Waals surface area contributed by atoms with Gasteiger partial charge in [0, 0.05) is 18.1 Å². The van der Waals surface area contributed by atoms with Gasteiger partial charge in [0.2, 0.25) is 0 Å². The smallest absolute Gasteiger partial charge is 0.0723 e. The van der Waals surface area contributed by atoms with Crippen LogP contribution in [0.4, 0.5) is 5.69 Å². The number of anilines is 1. The Morgan fingerprint density at radius 3 is 3.23 bits per heavy atom. The molecule has 1 aliphatic rings. The van der Waals surface area contributed by atoms with Gasteiger partial charge in [-0.05, 0) is 23.8 Å². The number of fused-ring (bicyclic) bond motifs is 3. The number of nitrogens with zero attached hydrogens (tertiary/aromatic N) is 1. The lowest BCUT2D eigenvalue weighted by atomic mass is 10.1. The molecule has 3 rings (SSSR count). The van der Waals surface area contributed by atoms with Crippen LogP contribution in [0.25, 0.3) is 10.9 Å². The van der Waals surface area contributed by atoms with Crippen molar-refractivity contribution in [2.45, 2.75) is 6.54 Å². The first kappa shape index (κ1) is 6.86. The molecule has 0 unspecified atom stereocenters. The maximum absolute atomic E-state index is 4.29. The standard InChI is InChI=1S/C10H9N3/c1-2-8-9(11-5-1)4-3-7-6-12-13-10(7)8/h1-5,12-13H,6H2. The number of benzene rings is 1. The molecule has 0 aliphatic carbocycles. The minimum atomic E-state index is 0.889. The molecular formula is C10H9N3. The summed E-state index contributed by atoms with van der Waals surface area (Å²) in [6.45, 7) is 0.889. The highest BCUT2D eigenvalue weighted by Crippen LogP contribution is 2.28. The van der Waals surface area contributed by atoms with Crippen LogP contribution in [0.15, 0.2) is 30.5 Å². The molecule has 0 atom stereocenters. The van der Waals surface area contributed by atoms with E-state index in [1.54, 1.807) is 0 Å². The van der Waals surface area contributed by atoms with Gasteiger partial charge in [-0.25, -0.2) is 5.43 Å². The van der Waals surface area contributed by atoms with Crippen molar-refractivity contribution >= 4 is 16.6 Å². The quantitative estimate of drug-likeness (QED) is 0.633. The Balaban J connectivity index is 2.43. The van der Waals surface area contributed by atoms with Gasteiger partial charge in [-0.15, -0.1) is 0 Å². The molecule has 1 aliphatic heterocycles. The van der Waals surface area contributed by atoms with E-state index < -0.39 is 0 Å². The molecule has 3 nitrogen and oxygen atoms in total. The summed E-state index contributed by atoms with van der Waals surface area (Å²) < 4.78 is 0. The molecule has 3 heteroatoms. The van der Waals surface area contributed by atoms with Crippen molar-refractivity contribution in [3.8, 4) is 0 Å². The van der Waals surface area contributed by atoms with Crippen LogP contribution in [-0.2, 0) is 6.54 Å². The topological polar surface area (TPSA) is 37.0 Å². The average molecular weight is 171 g/mol. The Morgan fingerprint density at radius 2 is 2.23 bits per heavy atom. The van der Waals surface area contributed by atoms with Crippen LogP contribution < -0.4 is 10.9 Å². The molecule has 0 saturated carbocycles. The lowest BCUT2D eigenvalue weighted by Gasteiger charge is -2.02. The lowest BCUT2D eigenvalue weighted by molar-refractivity contribution is 0.860. The number of hydrazine groups is 1. The summed E-state index contributed by atoms with van der Waals surface area (Å²) in [5.41, 5.74) is 9.77. The second-order valence-corrected chi connectivity index (χ2v) is 3.15. The van der Waals surface area contributed by atoms with Crippen molar-refractivity contribution in [3.63, 3.8) is 0 Å². The van der Waals surface area contributed by atoms with E-state index in [0.29, 0.717) is 0 Å². The first-order valence-corrected chi connectivity index (χ1v) is 4.30. The van der Waals surface area contributed by atoms with Crippen molar-refractivity contribution in [1.29, 1.82) is 0 Å². The summed E-state index contributed by atoms with van der Waals surface area (Å²) in [5.74, 6) is 0. The molecule has 1 aromatic carbocycles. The van der Waals surface area contributed by atoms with Gasteiger partial charge in [0.15, 0.2) is 0 Å². The van der Waals surface area contributed by atoms with Crippen molar-refractivity contribution in [3.05, 3.63) is 36.0 Å². The highest BCUT2D eigenvalue weighted by molar-refractivity contribution is 5.93. The van der Waals surface area contributed by atoms with Gasteiger partial charge in [0.1, 0.15) is 0 Å². The van der Waals surface area contributed by atoms with E-state index in [2.05, 4.69) is 34.0 Å². The fourth-order valence-electron chi connectivity index (χ4n) is 1.72. The number of rotatable bonds is 0. The third kappa shape index (κ3) is 0.907. The summed E-state index contributed by atoms with van der Waals surface area (Å²) in [6, 6.07) is 8.21. The van der Waals surface area contributed by atoms with Crippen molar-refractivity contribution in [2.24, 2.45) is 0 Å². The van der Waals surface area contributed by atoms with E-state index in [1.165, 1.54) is 16.6 Å². The van der Waals surface area contributed by atoms with Crippen LogP contribution in [-0.4, -0.2) is 4.98 Å². The fraction of sp³-hybridized carbons (Fsp3) is 0.100. The summed E-state index contributed by atoms with van der Waals surface area (Å²) in [7, 11) is 0. The van der Waals surface area contributed by atoms with Crippen LogP contribution >= 0.6 is 0 Å². The zero-order valence-corrected chi connectivity index (χ0v) is 7.04. The molecule has 0 fully saturated rings. The minimum absolute atomic E-state index is 0.889. The van der Waals surface area contributed by atoms with Gasteiger partial charge in [-0.1, -0.05) is 6.07 Å². The fourth-order valence-corrected chi connectivity index (χ4v) is 1.72. The molecule has 2 N–H and O–H groups in total. The lowest BCUT2D eigenvalue weighted by Crippen LogP contribution is -2.11. The van der Waals surface area contributed by atoms with Crippen LogP contribution in [0.5, 0.6) is 0 Å². The Kier molecular flexibility index (Phi) is 1.29. The van der Waals surface area contributed by atoms with Crippen LogP contribution in [0.2, 0.25) is 0 Å². The third-order valence-electron chi connectivity index (χ3n) is 2.36. The monoisotopic (exact) mass is 171 g/mol. The van der Waals surface area contributed by atoms with Gasteiger partial charge in [-0.2, -0.15) is 0 Å². The SMILES string of the molecule is c1cnc2ccc3c(c2c1)NNC3. The number of hydrogen-bond donors (Lipinski definition) is 2. The Hall–Kier alpha value is -1.61. The van der Waals surface area contributed by atoms with Crippen molar-refractivity contribution in [2.75, 3.05) is 5.43 Å². The highest BCUT2D eigenvalue weighted by atomic mass is 15.4. The van der Waals surface area contributed by atoms with E-state index in [9.17, 15) is 0 Å². The maximum atomic E-state index is 4.29. The summed E-state index contributed by atoms with van der Waals surface area (Å²) in [4.78, 5) is 4.29. The second kappa shape index (κ2) is 2.44. The molecule has 2 aromatic rings. The summed E-state index contributed by atoms with van der Waals surface area (Å²) in [5, 5.41) is 1.19. The average Bonchev–Trinajstić information content (AvgIpc) is 2.65. The predicted octanol–water partition coefficient (Wildman–Crippen LogP) is 1.66. The van der Waals surface area contributed by atoms with Gasteiger partial charge < -0.3 is 5.43 Å². The largest absolute Gasteiger partial charge is 0.320 e. The molecule has 2 heterocycles. The molecule has 13 heavy (non-hydrogen) atoms. The van der Waals surface area contributed by atoms with E-state index in [4.69, 9.17) is 0 Å². The number of nitrogens with one attached hydrogen (secondary N) is 2. The minimum Gasteiger partial charge on any atom is -0.320 e. The Bertz CT molecular complexity index is 465. The Labute approximate surface area is 75.8 Å². The number of hydrogen-bond acceptors (Lipinski definition) is 3. The van der Waals surface area contributed by atoms with Gasteiger partial charge >= 0.3 is 0 Å². The molecular weight excluding hydrogens is 162 g/mol. The molecule has 0 radical (unpaired) electrons. The van der Waals surface area contributed by atoms with E-state index in [0.717, 1.165) is 12.1 Å². The zero-order chi connectivity index (χ0) is 8.67. The number of aromatic nitrogens is 1. The van der Waals surface area contributed by atoms with Gasteiger partial charge in [0.25, 0.3) is 0 Å². The molecule has 64 valence electrons. The number of pyridine rings is 1. The van der Waals surface area contributed by atoms with Crippen molar-refractivity contribution in [1.82, 2.24) is 10.4 Å². The van der Waals surface area contributed by atoms with E-state index >= 15 is 0 Å². The zero-order valence-electron chi connectivity index (χ0n) is 7.04. The van der Waals surface area contributed by atoms with Crippen LogP contribution in [0, 0.1) is 0 Å². The van der Waals surface area contributed by atoms with E-state index in [1.807, 2.05) is 12.3 Å². The maximum Gasteiger partial charge on any atom is 0.0723 e. The summed E-state index contributed by atoms with van der Waals surface area (Å²) in [6.07, 6.45) is 1.82. The van der Waals surface area contributed by atoms with Crippen LogP contribution in [0.3, 0.4) is 0 Å². The van der Waals surface area contributed by atoms with E-state index in [-0.39, 0.29) is 0 Å². The first-order valence-electron chi connectivity index (χ1n) is 4.30. The predicted molar refractivity (Wildman–Crippen MR) is 52.2 cm³/mol. The summed E-state index contributed by atoms with van der Waals surface area (Å²) >= 11 is 0. The van der Waals surface area contributed by atoms with Crippen molar-refractivity contribution < 1.29 is 0 Å². The molecule has 0 bridgehead atoms. The van der Waals surface area contributed by atoms with Gasteiger partial charge in [-0.3, -0.25) is 4.98 Å². The first-order chi connectivity index (χ1) is 6.45. The Morgan fingerprint density at radius 1 is 1.23 bits per heavy atom. The molecule has 0 amide bonds. The third-order valence-corrected chi connectivity index (χ3v) is 2.36. The van der Waals surface area contributed by atoms with Gasteiger partial charge in [0.05, 0.1) is 11.2 Å². The normalized spacial score (nSPS) is 14.2.